The van der Waals surface area contributed by atoms with Crippen LogP contribution in [0.4, 0.5) is 5.95 Å². The molecule has 0 unspecified atom stereocenters. The van der Waals surface area contributed by atoms with Crippen molar-refractivity contribution in [1.82, 2.24) is 9.97 Å². The summed E-state index contributed by atoms with van der Waals surface area (Å²) in [5.41, 5.74) is 5.12. The second kappa shape index (κ2) is 12.6. The van der Waals surface area contributed by atoms with Gasteiger partial charge in [0.15, 0.2) is 0 Å². The first-order chi connectivity index (χ1) is 4.39. The molecule has 1 radical (unpaired) electrons. The van der Waals surface area contributed by atoms with Gasteiger partial charge in [0.25, 0.3) is 0 Å². The summed E-state index contributed by atoms with van der Waals surface area (Å²) in [5, 5.41) is 0. The Morgan fingerprint density at radius 2 is 1.64 bits per heavy atom. The van der Waals surface area contributed by atoms with Gasteiger partial charge in [-0.15, -0.1) is 12.4 Å². The molecule has 3 nitrogen and oxygen atoms in total. The van der Waals surface area contributed by atoms with Crippen LogP contribution in [-0.2, 0) is 32.7 Å². The van der Waals surface area contributed by atoms with Crippen LogP contribution in [0.25, 0.3) is 0 Å². The van der Waals surface area contributed by atoms with Crippen LogP contribution >= 0.6 is 0 Å². The predicted molar refractivity (Wildman–Crippen MR) is 43.0 cm³/mol. The Labute approximate surface area is 93.7 Å². The molecule has 1 heterocycles. The molecular formula is C7H13N3Y-2. The van der Waals surface area contributed by atoms with Crippen LogP contribution in [0.2, 0.25) is 0 Å². The number of rotatable bonds is 0. The topological polar surface area (TPSA) is 51.8 Å². The molecule has 0 fully saturated rings. The predicted octanol–water partition coefficient (Wildman–Crippen LogP) is 1.33. The van der Waals surface area contributed by atoms with Crippen molar-refractivity contribution in [3.05, 3.63) is 25.9 Å². The molecule has 1 rings (SSSR count). The summed E-state index contributed by atoms with van der Waals surface area (Å²) >= 11 is 0. The van der Waals surface area contributed by atoms with E-state index in [-0.39, 0.29) is 40.1 Å². The number of nitrogens with zero attached hydrogens (tertiary/aromatic N) is 2. The van der Waals surface area contributed by atoms with Crippen LogP contribution in [0, 0.1) is 13.5 Å². The molecule has 0 aliphatic carbocycles. The van der Waals surface area contributed by atoms with E-state index in [1.165, 1.54) is 12.4 Å². The summed E-state index contributed by atoms with van der Waals surface area (Å²) in [7, 11) is 0. The monoisotopic (exact) mass is 228 g/mol. The van der Waals surface area contributed by atoms with E-state index >= 15 is 0 Å². The molecule has 0 bridgehead atoms. The van der Waals surface area contributed by atoms with Crippen LogP contribution < -0.4 is 5.73 Å². The van der Waals surface area contributed by atoms with Crippen molar-refractivity contribution in [2.45, 2.75) is 13.8 Å². The van der Waals surface area contributed by atoms with Gasteiger partial charge in [0, 0.05) is 32.7 Å². The van der Waals surface area contributed by atoms with Gasteiger partial charge < -0.3 is 19.2 Å². The zero-order valence-corrected chi connectivity index (χ0v) is 10.0. The fraction of sp³-hybridized carbons (Fsp3) is 0.286. The van der Waals surface area contributed by atoms with Crippen molar-refractivity contribution in [1.29, 1.82) is 0 Å². The molecule has 0 amide bonds. The van der Waals surface area contributed by atoms with Gasteiger partial charge in [-0.25, -0.2) is 0 Å². The van der Waals surface area contributed by atoms with Crippen molar-refractivity contribution in [3.63, 3.8) is 0 Å². The molecular weight excluding hydrogens is 215 g/mol. The number of aromatic nitrogens is 2. The van der Waals surface area contributed by atoms with Gasteiger partial charge in [-0.3, -0.25) is 9.97 Å². The SMILES string of the molecule is CC.Nc1nc[c-]cn1.[CH3-].[Y]. The van der Waals surface area contributed by atoms with Crippen LogP contribution in [0.15, 0.2) is 12.4 Å². The second-order valence-electron chi connectivity index (χ2n) is 1.04. The molecule has 4 heteroatoms. The maximum atomic E-state index is 5.12. The summed E-state index contributed by atoms with van der Waals surface area (Å²) in [5.74, 6) is 0.291. The van der Waals surface area contributed by atoms with Gasteiger partial charge in [-0.05, 0) is 0 Å². The van der Waals surface area contributed by atoms with E-state index < -0.39 is 0 Å². The summed E-state index contributed by atoms with van der Waals surface area (Å²) in [4.78, 5) is 7.18. The van der Waals surface area contributed by atoms with Crippen LogP contribution in [0.1, 0.15) is 13.8 Å². The first-order valence-corrected chi connectivity index (χ1v) is 2.83. The largest absolute Gasteiger partial charge is 0.434 e. The van der Waals surface area contributed by atoms with Gasteiger partial charge in [0.2, 0.25) is 5.95 Å². The molecule has 2 N–H and O–H groups in total. The molecule has 0 saturated heterocycles. The van der Waals surface area contributed by atoms with Crippen LogP contribution in [0.5, 0.6) is 0 Å². The Hall–Kier alpha value is -0.0161. The number of nitrogen functional groups attached to an aromatic ring is 1. The maximum Gasteiger partial charge on any atom is 0.214 e. The smallest absolute Gasteiger partial charge is 0.214 e. The zero-order valence-electron chi connectivity index (χ0n) is 7.20. The van der Waals surface area contributed by atoms with Crippen molar-refractivity contribution in [3.8, 4) is 0 Å². The second-order valence-corrected chi connectivity index (χ2v) is 1.04. The Morgan fingerprint density at radius 3 is 1.82 bits per heavy atom. The van der Waals surface area contributed by atoms with Crippen molar-refractivity contribution in [2.75, 3.05) is 5.73 Å². The quantitative estimate of drug-likeness (QED) is 0.681. The van der Waals surface area contributed by atoms with E-state index in [2.05, 4.69) is 16.0 Å². The summed E-state index contributed by atoms with van der Waals surface area (Å²) in [6.07, 6.45) is 2.95. The molecule has 0 aliphatic heterocycles. The molecule has 11 heavy (non-hydrogen) atoms. The Kier molecular flexibility index (Phi) is 19.7. The molecule has 0 aliphatic rings. The van der Waals surface area contributed by atoms with Crippen molar-refractivity contribution >= 4 is 5.95 Å². The fourth-order valence-corrected chi connectivity index (χ4v) is 0.273. The minimum absolute atomic E-state index is 0. The van der Waals surface area contributed by atoms with Crippen molar-refractivity contribution in [2.24, 2.45) is 0 Å². The third-order valence-electron chi connectivity index (χ3n) is 0.543. The molecule has 1 aromatic heterocycles. The van der Waals surface area contributed by atoms with Crippen LogP contribution in [-0.4, -0.2) is 9.97 Å². The average Bonchev–Trinajstić information content (AvgIpc) is 1.94. The Balaban J connectivity index is -0.000000149. The van der Waals surface area contributed by atoms with Gasteiger partial charge in [-0.2, -0.15) is 0 Å². The standard InChI is InChI=1S/C4H4N3.C2H6.CH3.Y/c5-4-6-2-1-3-7-4;1-2;;/h2-3H,(H2,5,6,7);1-2H3;1H3;/q-1;;-1;. The van der Waals surface area contributed by atoms with Crippen LogP contribution in [0.3, 0.4) is 0 Å². The summed E-state index contributed by atoms with van der Waals surface area (Å²) in [6.45, 7) is 4.00. The minimum atomic E-state index is 0. The number of nitrogens with two attached hydrogens (primary N) is 1. The van der Waals surface area contributed by atoms with E-state index in [1.807, 2.05) is 13.8 Å². The summed E-state index contributed by atoms with van der Waals surface area (Å²) < 4.78 is 0. The molecule has 0 spiro atoms. The first-order valence-electron chi connectivity index (χ1n) is 2.83. The van der Waals surface area contributed by atoms with Gasteiger partial charge in [0.1, 0.15) is 0 Å². The molecule has 1 aromatic rings. The fourth-order valence-electron chi connectivity index (χ4n) is 0.273. The summed E-state index contributed by atoms with van der Waals surface area (Å²) in [6, 6.07) is 2.63. The molecule has 0 saturated carbocycles. The maximum absolute atomic E-state index is 5.12. The van der Waals surface area contributed by atoms with E-state index in [1.54, 1.807) is 0 Å². The van der Waals surface area contributed by atoms with Gasteiger partial charge >= 0.3 is 0 Å². The van der Waals surface area contributed by atoms with Crippen molar-refractivity contribution < 1.29 is 32.7 Å². The Morgan fingerprint density at radius 1 is 1.27 bits per heavy atom. The number of hydrogen-bond acceptors (Lipinski definition) is 3. The third kappa shape index (κ3) is 9.98. The third-order valence-corrected chi connectivity index (χ3v) is 0.543. The number of hydrogen-bond donors (Lipinski definition) is 1. The average molecular weight is 228 g/mol. The van der Waals surface area contributed by atoms with Gasteiger partial charge in [0.05, 0.1) is 0 Å². The zero-order chi connectivity index (χ0) is 7.11. The van der Waals surface area contributed by atoms with E-state index in [4.69, 9.17) is 5.73 Å². The number of anilines is 1. The molecule has 61 valence electrons. The van der Waals surface area contributed by atoms with Gasteiger partial charge in [-0.1, -0.05) is 13.8 Å². The minimum Gasteiger partial charge on any atom is -0.434 e. The molecule has 0 aromatic carbocycles. The normalized spacial score (nSPS) is 6.00. The first kappa shape index (κ1) is 17.2. The Bertz CT molecular complexity index is 144. The van der Waals surface area contributed by atoms with E-state index in [0.29, 0.717) is 5.95 Å². The molecule has 0 atom stereocenters. The van der Waals surface area contributed by atoms with E-state index in [0.717, 1.165) is 0 Å². The van der Waals surface area contributed by atoms with E-state index in [9.17, 15) is 0 Å².